The Balaban J connectivity index is 2.01. The van der Waals surface area contributed by atoms with E-state index in [1.165, 1.54) is 32.4 Å². The van der Waals surface area contributed by atoms with Gasteiger partial charge in [0.05, 0.1) is 6.61 Å². The number of rotatable bonds is 1. The van der Waals surface area contributed by atoms with Gasteiger partial charge in [-0.3, -0.25) is 4.90 Å². The number of hydrogen-bond acceptors (Lipinski definition) is 2. The Morgan fingerprint density at radius 3 is 2.91 bits per heavy atom. The summed E-state index contributed by atoms with van der Waals surface area (Å²) in [6.45, 7) is 6.66. The van der Waals surface area contributed by atoms with E-state index in [1.54, 1.807) is 0 Å². The summed E-state index contributed by atoms with van der Waals surface area (Å²) in [6.07, 6.45) is 3.94. The molecule has 2 fully saturated rings. The lowest BCUT2D eigenvalue weighted by Gasteiger charge is -2.27. The van der Waals surface area contributed by atoms with E-state index in [2.05, 4.69) is 11.8 Å². The molecule has 0 amide bonds. The smallest absolute Gasteiger partial charge is 0.0650 e. The van der Waals surface area contributed by atoms with Crippen molar-refractivity contribution in [1.29, 1.82) is 0 Å². The second kappa shape index (κ2) is 2.76. The fourth-order valence-electron chi connectivity index (χ4n) is 2.05. The van der Waals surface area contributed by atoms with Crippen molar-refractivity contribution in [3.8, 4) is 0 Å². The maximum atomic E-state index is 5.56. The van der Waals surface area contributed by atoms with E-state index in [1.807, 2.05) is 0 Å². The molecule has 64 valence electrons. The molecule has 1 aliphatic carbocycles. The van der Waals surface area contributed by atoms with Crippen molar-refractivity contribution >= 4 is 0 Å². The summed E-state index contributed by atoms with van der Waals surface area (Å²) in [5.74, 6) is 0. The van der Waals surface area contributed by atoms with E-state index < -0.39 is 0 Å². The molecule has 0 aromatic heterocycles. The van der Waals surface area contributed by atoms with Gasteiger partial charge in [0.15, 0.2) is 0 Å². The first-order valence-electron chi connectivity index (χ1n) is 4.70. The van der Waals surface area contributed by atoms with Crippen LogP contribution in [0, 0.1) is 0 Å². The molecule has 2 aliphatic rings. The van der Waals surface area contributed by atoms with Crippen LogP contribution in [0.3, 0.4) is 0 Å². The fraction of sp³-hybridized carbons (Fsp3) is 1.00. The zero-order chi connectivity index (χ0) is 7.73. The molecule has 0 aromatic rings. The third-order valence-corrected chi connectivity index (χ3v) is 2.97. The summed E-state index contributed by atoms with van der Waals surface area (Å²) >= 11 is 0. The van der Waals surface area contributed by atoms with Crippen molar-refractivity contribution < 1.29 is 4.74 Å². The molecule has 1 saturated heterocycles. The number of likely N-dealkylation sites (N-methyl/N-ethyl adjacent to an activating group) is 1. The molecule has 0 N–H and O–H groups in total. The lowest BCUT2D eigenvalue weighted by Crippen LogP contribution is -2.39. The summed E-state index contributed by atoms with van der Waals surface area (Å²) in [5, 5.41) is 0. The van der Waals surface area contributed by atoms with Gasteiger partial charge >= 0.3 is 0 Å². The first-order chi connectivity index (χ1) is 5.37. The highest BCUT2D eigenvalue weighted by Gasteiger charge is 2.47. The van der Waals surface area contributed by atoms with Crippen molar-refractivity contribution in [1.82, 2.24) is 4.90 Å². The Bertz CT molecular complexity index is 142. The van der Waals surface area contributed by atoms with Gasteiger partial charge in [0.2, 0.25) is 0 Å². The zero-order valence-electron chi connectivity index (χ0n) is 7.31. The van der Waals surface area contributed by atoms with E-state index in [-0.39, 0.29) is 0 Å². The van der Waals surface area contributed by atoms with Crippen molar-refractivity contribution in [2.75, 3.05) is 26.3 Å². The molecule has 1 aliphatic heterocycles. The van der Waals surface area contributed by atoms with Crippen LogP contribution in [0.5, 0.6) is 0 Å². The molecule has 1 saturated carbocycles. The molecule has 1 spiro atoms. The van der Waals surface area contributed by atoms with Crippen molar-refractivity contribution in [3.05, 3.63) is 0 Å². The van der Waals surface area contributed by atoms with E-state index >= 15 is 0 Å². The fourth-order valence-corrected chi connectivity index (χ4v) is 2.05. The molecule has 0 atom stereocenters. The van der Waals surface area contributed by atoms with Gasteiger partial charge in [-0.05, 0) is 25.8 Å². The maximum absolute atomic E-state index is 5.56. The summed E-state index contributed by atoms with van der Waals surface area (Å²) in [4.78, 5) is 2.60. The molecule has 2 rings (SSSR count). The second-order valence-electron chi connectivity index (χ2n) is 3.71. The molecule has 11 heavy (non-hydrogen) atoms. The Morgan fingerprint density at radius 2 is 2.27 bits per heavy atom. The van der Waals surface area contributed by atoms with Crippen LogP contribution < -0.4 is 0 Å². The van der Waals surface area contributed by atoms with E-state index in [0.29, 0.717) is 5.54 Å². The van der Waals surface area contributed by atoms with E-state index in [9.17, 15) is 0 Å². The van der Waals surface area contributed by atoms with Gasteiger partial charge in [0.1, 0.15) is 0 Å². The Hall–Kier alpha value is -0.0800. The lowest BCUT2D eigenvalue weighted by atomic mass is 10.2. The average Bonchev–Trinajstić information content (AvgIpc) is 2.80. The van der Waals surface area contributed by atoms with Crippen LogP contribution in [0.25, 0.3) is 0 Å². The van der Waals surface area contributed by atoms with Crippen LogP contribution in [0.2, 0.25) is 0 Å². The van der Waals surface area contributed by atoms with Gasteiger partial charge in [0, 0.05) is 18.7 Å². The first kappa shape index (κ1) is 7.56. The minimum atomic E-state index is 0.491. The highest BCUT2D eigenvalue weighted by Crippen LogP contribution is 2.42. The quantitative estimate of drug-likeness (QED) is 0.565. The van der Waals surface area contributed by atoms with Crippen LogP contribution in [0.15, 0.2) is 0 Å². The Labute approximate surface area is 68.5 Å². The van der Waals surface area contributed by atoms with Gasteiger partial charge in [0.25, 0.3) is 0 Å². The molecule has 2 heteroatoms. The van der Waals surface area contributed by atoms with Gasteiger partial charge in [-0.1, -0.05) is 6.92 Å². The first-order valence-corrected chi connectivity index (χ1v) is 4.70. The third kappa shape index (κ3) is 1.30. The molecule has 0 bridgehead atoms. The topological polar surface area (TPSA) is 12.5 Å². The summed E-state index contributed by atoms with van der Waals surface area (Å²) in [7, 11) is 0. The monoisotopic (exact) mass is 155 g/mol. The average molecular weight is 155 g/mol. The molecule has 0 radical (unpaired) electrons. The summed E-state index contributed by atoms with van der Waals surface area (Å²) in [6, 6.07) is 0. The van der Waals surface area contributed by atoms with Crippen LogP contribution in [-0.4, -0.2) is 36.7 Å². The SMILES string of the molecule is CCN1CCCOCC12CC2. The van der Waals surface area contributed by atoms with Gasteiger partial charge in [-0.25, -0.2) is 0 Å². The predicted octanol–water partition coefficient (Wildman–Crippen LogP) is 1.26. The minimum absolute atomic E-state index is 0.491. The van der Waals surface area contributed by atoms with Crippen LogP contribution >= 0.6 is 0 Å². The number of hydrogen-bond donors (Lipinski definition) is 0. The molecular formula is C9H17NO. The molecular weight excluding hydrogens is 138 g/mol. The summed E-state index contributed by atoms with van der Waals surface area (Å²) < 4.78 is 5.56. The van der Waals surface area contributed by atoms with Gasteiger partial charge < -0.3 is 4.74 Å². The van der Waals surface area contributed by atoms with E-state index in [0.717, 1.165) is 13.2 Å². The molecule has 0 unspecified atom stereocenters. The number of nitrogens with zero attached hydrogens (tertiary/aromatic N) is 1. The summed E-state index contributed by atoms with van der Waals surface area (Å²) in [5.41, 5.74) is 0.491. The molecule has 0 aromatic carbocycles. The second-order valence-corrected chi connectivity index (χ2v) is 3.71. The van der Waals surface area contributed by atoms with Crippen molar-refractivity contribution in [2.24, 2.45) is 0 Å². The van der Waals surface area contributed by atoms with Crippen LogP contribution in [0.4, 0.5) is 0 Å². The van der Waals surface area contributed by atoms with Gasteiger partial charge in [-0.15, -0.1) is 0 Å². The highest BCUT2D eigenvalue weighted by atomic mass is 16.5. The Kier molecular flexibility index (Phi) is 1.90. The van der Waals surface area contributed by atoms with Crippen LogP contribution in [-0.2, 0) is 4.74 Å². The zero-order valence-corrected chi connectivity index (χ0v) is 7.31. The highest BCUT2D eigenvalue weighted by molar-refractivity contribution is 5.04. The molecule has 2 nitrogen and oxygen atoms in total. The normalized spacial score (nSPS) is 30.3. The number of ether oxygens (including phenoxy) is 1. The lowest BCUT2D eigenvalue weighted by molar-refractivity contribution is 0.0898. The third-order valence-electron chi connectivity index (χ3n) is 2.97. The largest absolute Gasteiger partial charge is 0.379 e. The molecule has 1 heterocycles. The predicted molar refractivity (Wildman–Crippen MR) is 44.6 cm³/mol. The minimum Gasteiger partial charge on any atom is -0.379 e. The van der Waals surface area contributed by atoms with Crippen molar-refractivity contribution in [3.63, 3.8) is 0 Å². The van der Waals surface area contributed by atoms with Crippen LogP contribution in [0.1, 0.15) is 26.2 Å². The Morgan fingerprint density at radius 1 is 1.45 bits per heavy atom. The van der Waals surface area contributed by atoms with Crippen molar-refractivity contribution in [2.45, 2.75) is 31.7 Å². The van der Waals surface area contributed by atoms with Gasteiger partial charge in [-0.2, -0.15) is 0 Å². The van der Waals surface area contributed by atoms with E-state index in [4.69, 9.17) is 4.74 Å². The maximum Gasteiger partial charge on any atom is 0.0650 e. The standard InChI is InChI=1S/C9H17NO/c1-2-10-6-3-7-11-8-9(10)4-5-9/h2-8H2,1H3.